The molecule has 37 heavy (non-hydrogen) atoms. The molecule has 0 aromatic heterocycles. The third kappa shape index (κ3) is 4.74. The number of hydrogen-bond acceptors (Lipinski definition) is 7. The zero-order chi connectivity index (χ0) is 27.5. The van der Waals surface area contributed by atoms with Gasteiger partial charge >= 0.3 is 5.97 Å². The van der Waals surface area contributed by atoms with Crippen molar-refractivity contribution in [2.75, 3.05) is 0 Å². The van der Waals surface area contributed by atoms with Crippen LogP contribution in [0, 0.1) is 17.3 Å². The number of fused-ring (bicyclic) bond motifs is 3. The van der Waals surface area contributed by atoms with Gasteiger partial charge in [-0.05, 0) is 78.4 Å². The van der Waals surface area contributed by atoms with Gasteiger partial charge in [0.25, 0.3) is 0 Å². The minimum absolute atomic E-state index is 0.00319. The van der Waals surface area contributed by atoms with Crippen molar-refractivity contribution in [1.82, 2.24) is 0 Å². The molecule has 2 aliphatic carbocycles. The number of hydrogen-bond donors (Lipinski definition) is 1. The summed E-state index contributed by atoms with van der Waals surface area (Å²) in [6.07, 6.45) is 5.84. The fraction of sp³-hybridized carbons (Fsp3) is 0.700. The normalized spacial score (nSPS) is 36.0. The van der Waals surface area contributed by atoms with Crippen molar-refractivity contribution in [3.8, 4) is 0 Å². The summed E-state index contributed by atoms with van der Waals surface area (Å²) >= 11 is 0. The van der Waals surface area contributed by atoms with Crippen LogP contribution < -0.4 is 0 Å². The van der Waals surface area contributed by atoms with Crippen LogP contribution in [0.5, 0.6) is 0 Å². The van der Waals surface area contributed by atoms with E-state index in [4.69, 9.17) is 14.2 Å². The van der Waals surface area contributed by atoms with Crippen LogP contribution >= 0.6 is 0 Å². The summed E-state index contributed by atoms with van der Waals surface area (Å²) in [5.74, 6) is -1.29. The number of carbonyl (C=O) groups is 3. The van der Waals surface area contributed by atoms with E-state index in [1.807, 2.05) is 19.9 Å². The molecule has 0 unspecified atom stereocenters. The molecular weight excluding hydrogens is 472 g/mol. The average Bonchev–Trinajstić information content (AvgIpc) is 2.81. The molecule has 0 amide bonds. The van der Waals surface area contributed by atoms with E-state index >= 15 is 0 Å². The number of esters is 1. The van der Waals surface area contributed by atoms with E-state index in [0.717, 1.165) is 24.8 Å². The second-order valence-corrected chi connectivity index (χ2v) is 12.5. The maximum atomic E-state index is 13.8. The second-order valence-electron chi connectivity index (χ2n) is 12.5. The molecule has 0 aromatic rings. The lowest BCUT2D eigenvalue weighted by Crippen LogP contribution is -2.62. The predicted octanol–water partition coefficient (Wildman–Crippen LogP) is 4.77. The van der Waals surface area contributed by atoms with Crippen LogP contribution in [0.15, 0.2) is 34.6 Å². The quantitative estimate of drug-likeness (QED) is 0.321. The molecule has 0 radical (unpaired) electrons. The molecule has 0 spiro atoms. The molecule has 204 valence electrons. The summed E-state index contributed by atoms with van der Waals surface area (Å²) in [5.41, 5.74) is -0.204. The highest BCUT2D eigenvalue weighted by Gasteiger charge is 2.61. The summed E-state index contributed by atoms with van der Waals surface area (Å²) in [6.45, 7) is 14.7. The standard InChI is InChI=1S/C30H42O7/c1-9-16(2)26(35-18(4)31)17(3)19-14-21(32)20-15-22-29(7)12-10-23(28(5,6)34)36-24(29)11-13-30(22,8)37-27(20)25(19)33/h9,14,17,22-24,26,34H,10-13,15H2,1-8H3/b16-9+/t17-,22-,23-,24+,26-,29-,30-/m0/s1. The Morgan fingerprint density at radius 3 is 2.49 bits per heavy atom. The summed E-state index contributed by atoms with van der Waals surface area (Å²) in [7, 11) is 0. The zero-order valence-electron chi connectivity index (χ0n) is 23.5. The Labute approximate surface area is 220 Å². The summed E-state index contributed by atoms with van der Waals surface area (Å²) in [6, 6.07) is 0. The molecule has 7 heteroatoms. The maximum absolute atomic E-state index is 13.8. The van der Waals surface area contributed by atoms with E-state index in [0.29, 0.717) is 24.0 Å². The van der Waals surface area contributed by atoms with Gasteiger partial charge in [0.05, 0.1) is 17.8 Å². The highest BCUT2D eigenvalue weighted by Crippen LogP contribution is 2.59. The topological polar surface area (TPSA) is 99.1 Å². The lowest BCUT2D eigenvalue weighted by molar-refractivity contribution is -0.245. The van der Waals surface area contributed by atoms with Crippen LogP contribution in [0.25, 0.3) is 0 Å². The monoisotopic (exact) mass is 514 g/mol. The third-order valence-electron chi connectivity index (χ3n) is 9.45. The van der Waals surface area contributed by atoms with Crippen molar-refractivity contribution in [2.45, 2.75) is 117 Å². The van der Waals surface area contributed by atoms with Crippen molar-refractivity contribution >= 4 is 17.5 Å². The number of ketones is 2. The largest absolute Gasteiger partial charge is 0.483 e. The minimum atomic E-state index is -0.917. The second kappa shape index (κ2) is 9.49. The zero-order valence-corrected chi connectivity index (χ0v) is 23.5. The van der Waals surface area contributed by atoms with Crippen molar-refractivity contribution in [1.29, 1.82) is 0 Å². The van der Waals surface area contributed by atoms with Crippen LogP contribution in [-0.4, -0.2) is 52.2 Å². The van der Waals surface area contributed by atoms with Gasteiger partial charge in [0.1, 0.15) is 11.7 Å². The van der Waals surface area contributed by atoms with Gasteiger partial charge in [0.15, 0.2) is 11.5 Å². The van der Waals surface area contributed by atoms with Crippen LogP contribution in [0.4, 0.5) is 0 Å². The maximum Gasteiger partial charge on any atom is 0.303 e. The van der Waals surface area contributed by atoms with Crippen LogP contribution in [0.3, 0.4) is 0 Å². The van der Waals surface area contributed by atoms with Gasteiger partial charge in [-0.2, -0.15) is 0 Å². The van der Waals surface area contributed by atoms with E-state index in [1.165, 1.54) is 13.0 Å². The smallest absolute Gasteiger partial charge is 0.303 e. The molecule has 1 N–H and O–H groups in total. The third-order valence-corrected chi connectivity index (χ3v) is 9.45. The van der Waals surface area contributed by atoms with Gasteiger partial charge in [0, 0.05) is 35.3 Å². The van der Waals surface area contributed by atoms with Gasteiger partial charge in [-0.1, -0.05) is 19.9 Å². The first-order valence-electron chi connectivity index (χ1n) is 13.5. The average molecular weight is 515 g/mol. The first-order valence-corrected chi connectivity index (χ1v) is 13.5. The van der Waals surface area contributed by atoms with E-state index < -0.39 is 29.2 Å². The van der Waals surface area contributed by atoms with Gasteiger partial charge in [0.2, 0.25) is 5.78 Å². The van der Waals surface area contributed by atoms with Crippen molar-refractivity contribution in [3.63, 3.8) is 0 Å². The SMILES string of the molecule is C/C=C(\C)[C@H](OC(C)=O)[C@@H](C)C1=CC(=O)C2=C(O[C@@]3(C)CC[C@H]4O[C@H](C(C)(C)O)CC[C@@]4(C)[C@@H]3C2)C1=O. The molecule has 0 aromatic carbocycles. The Hall–Kier alpha value is -2.25. The molecular formula is C30H42O7. The van der Waals surface area contributed by atoms with E-state index in [2.05, 4.69) is 13.8 Å². The molecule has 0 bridgehead atoms. The Morgan fingerprint density at radius 1 is 1.22 bits per heavy atom. The minimum Gasteiger partial charge on any atom is -0.483 e. The van der Waals surface area contributed by atoms with Crippen LogP contribution in [0.1, 0.15) is 87.5 Å². The summed E-state index contributed by atoms with van der Waals surface area (Å²) in [4.78, 5) is 39.0. The van der Waals surface area contributed by atoms with Gasteiger partial charge in [-0.3, -0.25) is 14.4 Å². The van der Waals surface area contributed by atoms with Gasteiger partial charge in [-0.15, -0.1) is 0 Å². The first kappa shape index (κ1) is 27.8. The highest BCUT2D eigenvalue weighted by atomic mass is 16.5. The lowest BCUT2D eigenvalue weighted by atomic mass is 9.53. The molecule has 4 rings (SSSR count). The number of ether oxygens (including phenoxy) is 3. The van der Waals surface area contributed by atoms with Crippen LogP contribution in [-0.2, 0) is 28.6 Å². The lowest BCUT2D eigenvalue weighted by Gasteiger charge is -2.60. The molecule has 2 fully saturated rings. The molecule has 1 saturated carbocycles. The molecule has 2 aliphatic heterocycles. The van der Waals surface area contributed by atoms with Crippen LogP contribution in [0.2, 0.25) is 0 Å². The molecule has 7 atom stereocenters. The highest BCUT2D eigenvalue weighted by molar-refractivity contribution is 6.22. The van der Waals surface area contributed by atoms with Crippen molar-refractivity contribution in [3.05, 3.63) is 34.6 Å². The van der Waals surface area contributed by atoms with E-state index in [9.17, 15) is 19.5 Å². The number of aliphatic hydroxyl groups is 1. The molecule has 2 heterocycles. The Morgan fingerprint density at radius 2 is 1.89 bits per heavy atom. The Bertz CT molecular complexity index is 1090. The summed E-state index contributed by atoms with van der Waals surface area (Å²) in [5, 5.41) is 10.5. The number of allylic oxidation sites excluding steroid dienone is 4. The van der Waals surface area contributed by atoms with E-state index in [-0.39, 0.29) is 40.9 Å². The Balaban J connectivity index is 1.63. The van der Waals surface area contributed by atoms with Crippen molar-refractivity contribution in [2.24, 2.45) is 17.3 Å². The Kier molecular flexibility index (Phi) is 7.13. The van der Waals surface area contributed by atoms with Crippen molar-refractivity contribution < 1.29 is 33.7 Å². The number of rotatable bonds is 5. The first-order chi connectivity index (χ1) is 17.1. The molecule has 7 nitrogen and oxygen atoms in total. The molecule has 4 aliphatic rings. The van der Waals surface area contributed by atoms with Gasteiger partial charge in [-0.25, -0.2) is 0 Å². The molecule has 1 saturated heterocycles. The predicted molar refractivity (Wildman–Crippen MR) is 138 cm³/mol. The number of carbonyl (C=O) groups excluding carboxylic acids is 3. The fourth-order valence-electron chi connectivity index (χ4n) is 7.05. The number of Topliss-reactive ketones (excluding diaryl/α,β-unsaturated/α-hetero) is 1. The summed E-state index contributed by atoms with van der Waals surface area (Å²) < 4.78 is 18.5. The van der Waals surface area contributed by atoms with Gasteiger partial charge < -0.3 is 19.3 Å². The fourth-order valence-corrected chi connectivity index (χ4v) is 7.05. The van der Waals surface area contributed by atoms with E-state index in [1.54, 1.807) is 20.8 Å².